The van der Waals surface area contributed by atoms with Crippen molar-refractivity contribution in [1.82, 2.24) is 10.2 Å². The Kier molecular flexibility index (Phi) is 11.1. The quantitative estimate of drug-likeness (QED) is 0.531. The Hall–Kier alpha value is -2.15. The highest BCUT2D eigenvalue weighted by molar-refractivity contribution is 5.85. The van der Waals surface area contributed by atoms with Crippen LogP contribution in [0.2, 0.25) is 0 Å². The van der Waals surface area contributed by atoms with Crippen LogP contribution in [-0.2, 0) is 11.2 Å². The largest absolute Gasteiger partial charge is 0.491 e. The zero-order chi connectivity index (χ0) is 22.9. The number of hydrogen-bond acceptors (Lipinski definition) is 4. The fraction of sp³-hybridized carbons (Fsp3) is 0.500. The van der Waals surface area contributed by atoms with Gasteiger partial charge in [-0.25, -0.2) is 4.39 Å². The van der Waals surface area contributed by atoms with Gasteiger partial charge in [-0.15, -0.1) is 12.4 Å². The zero-order valence-corrected chi connectivity index (χ0v) is 20.3. The first-order chi connectivity index (χ1) is 15.5. The van der Waals surface area contributed by atoms with Crippen LogP contribution in [0.4, 0.5) is 4.39 Å². The van der Waals surface area contributed by atoms with Gasteiger partial charge in [-0.05, 0) is 73.7 Å². The lowest BCUT2D eigenvalue weighted by Crippen LogP contribution is -2.42. The molecule has 1 fully saturated rings. The first-order valence-corrected chi connectivity index (χ1v) is 11.6. The minimum atomic E-state index is -0.264. The Morgan fingerprint density at radius 2 is 1.88 bits per heavy atom. The summed E-state index contributed by atoms with van der Waals surface area (Å²) in [5.41, 5.74) is 2.15. The van der Waals surface area contributed by atoms with Gasteiger partial charge >= 0.3 is 0 Å². The summed E-state index contributed by atoms with van der Waals surface area (Å²) in [6, 6.07) is 14.3. The number of halogens is 2. The Labute approximate surface area is 202 Å². The topological polar surface area (TPSA) is 61.8 Å². The summed E-state index contributed by atoms with van der Waals surface area (Å²) >= 11 is 0. The van der Waals surface area contributed by atoms with Crippen LogP contribution in [0.3, 0.4) is 0 Å². The number of carbonyl (C=O) groups is 1. The summed E-state index contributed by atoms with van der Waals surface area (Å²) in [4.78, 5) is 15.3. The predicted octanol–water partition coefficient (Wildman–Crippen LogP) is 4.39. The highest BCUT2D eigenvalue weighted by Crippen LogP contribution is 2.25. The molecule has 0 bridgehead atoms. The summed E-state index contributed by atoms with van der Waals surface area (Å²) in [6.07, 6.45) is 2.62. The van der Waals surface area contributed by atoms with Crippen molar-refractivity contribution in [3.05, 3.63) is 65.5 Å². The molecule has 2 N–H and O–H groups in total. The number of hydrogen-bond donors (Lipinski definition) is 2. The molecule has 7 heteroatoms. The minimum Gasteiger partial charge on any atom is -0.491 e. The van der Waals surface area contributed by atoms with Gasteiger partial charge in [-0.1, -0.05) is 38.1 Å². The van der Waals surface area contributed by atoms with Crippen molar-refractivity contribution in [2.24, 2.45) is 11.8 Å². The van der Waals surface area contributed by atoms with Gasteiger partial charge in [-0.2, -0.15) is 0 Å². The molecule has 1 aliphatic heterocycles. The maximum absolute atomic E-state index is 13.3. The number of benzene rings is 2. The number of aliphatic hydroxyl groups excluding tert-OH is 1. The van der Waals surface area contributed by atoms with E-state index in [1.807, 2.05) is 18.2 Å². The van der Waals surface area contributed by atoms with Crippen molar-refractivity contribution >= 4 is 18.3 Å². The molecule has 1 amide bonds. The molecule has 1 saturated heterocycles. The van der Waals surface area contributed by atoms with E-state index in [1.165, 1.54) is 17.7 Å². The molecule has 0 saturated carbocycles. The van der Waals surface area contributed by atoms with Crippen LogP contribution in [0.5, 0.6) is 5.75 Å². The van der Waals surface area contributed by atoms with Gasteiger partial charge in [0.25, 0.3) is 0 Å². The molecular formula is C26H36ClFN2O3. The highest BCUT2D eigenvalue weighted by atomic mass is 35.5. The standard InChI is InChI=1S/C26H35FN2O3.ClH/c1-19(2)25(21-6-8-23(27)9-7-21)28-26(31)22-11-14-29(15-12-22)13-10-20-4-3-5-24(18-20)32-17-16-30;/h3-9,18-19,22,25,30H,10-17H2,1-2H3,(H,28,31);1H/t25-;/m1./s1. The van der Waals surface area contributed by atoms with E-state index in [9.17, 15) is 9.18 Å². The number of amides is 1. The van der Waals surface area contributed by atoms with Crippen molar-refractivity contribution in [1.29, 1.82) is 0 Å². The molecule has 1 heterocycles. The van der Waals surface area contributed by atoms with E-state index in [2.05, 4.69) is 30.1 Å². The Morgan fingerprint density at radius 3 is 2.52 bits per heavy atom. The van der Waals surface area contributed by atoms with Gasteiger partial charge in [0.15, 0.2) is 0 Å². The second-order valence-electron chi connectivity index (χ2n) is 8.87. The van der Waals surface area contributed by atoms with Gasteiger partial charge in [0, 0.05) is 12.5 Å². The number of carbonyl (C=O) groups excluding carboxylic acids is 1. The number of nitrogens with one attached hydrogen (secondary N) is 1. The number of likely N-dealkylation sites (tertiary alicyclic amines) is 1. The van der Waals surface area contributed by atoms with Crippen LogP contribution in [0.25, 0.3) is 0 Å². The van der Waals surface area contributed by atoms with E-state index < -0.39 is 0 Å². The molecular weight excluding hydrogens is 443 g/mol. The monoisotopic (exact) mass is 478 g/mol. The van der Waals surface area contributed by atoms with Crippen LogP contribution >= 0.6 is 12.4 Å². The average molecular weight is 479 g/mol. The maximum Gasteiger partial charge on any atom is 0.223 e. The number of aliphatic hydroxyl groups is 1. The SMILES string of the molecule is CC(C)[C@@H](NC(=O)C1CCN(CCc2cccc(OCCO)c2)CC1)c1ccc(F)cc1.Cl. The van der Waals surface area contributed by atoms with Crippen LogP contribution in [-0.4, -0.2) is 48.8 Å². The second kappa shape index (κ2) is 13.5. The molecule has 2 aromatic carbocycles. The average Bonchev–Trinajstić information content (AvgIpc) is 2.81. The van der Waals surface area contributed by atoms with Crippen LogP contribution < -0.4 is 10.1 Å². The van der Waals surface area contributed by atoms with Gasteiger partial charge in [-0.3, -0.25) is 4.79 Å². The van der Waals surface area contributed by atoms with Crippen LogP contribution in [0.15, 0.2) is 48.5 Å². The maximum atomic E-state index is 13.3. The van der Waals surface area contributed by atoms with E-state index in [0.29, 0.717) is 6.61 Å². The van der Waals surface area contributed by atoms with Crippen molar-refractivity contribution in [3.8, 4) is 5.75 Å². The fourth-order valence-electron chi connectivity index (χ4n) is 4.24. The summed E-state index contributed by atoms with van der Waals surface area (Å²) < 4.78 is 18.8. The molecule has 3 rings (SSSR count). The van der Waals surface area contributed by atoms with Crippen molar-refractivity contribution in [3.63, 3.8) is 0 Å². The van der Waals surface area contributed by atoms with E-state index in [0.717, 1.165) is 50.2 Å². The van der Waals surface area contributed by atoms with E-state index in [1.54, 1.807) is 12.1 Å². The molecule has 0 aliphatic carbocycles. The lowest BCUT2D eigenvalue weighted by atomic mass is 9.92. The molecule has 0 aromatic heterocycles. The number of piperidine rings is 1. The minimum absolute atomic E-state index is 0. The Balaban J connectivity index is 0.00000385. The van der Waals surface area contributed by atoms with Gasteiger partial charge in [0.1, 0.15) is 18.2 Å². The van der Waals surface area contributed by atoms with E-state index >= 15 is 0 Å². The number of nitrogens with zero attached hydrogens (tertiary/aromatic N) is 1. The molecule has 0 radical (unpaired) electrons. The summed E-state index contributed by atoms with van der Waals surface area (Å²) in [6.45, 7) is 7.21. The first-order valence-electron chi connectivity index (χ1n) is 11.6. The summed E-state index contributed by atoms with van der Waals surface area (Å²) in [5, 5.41) is 12.1. The third-order valence-corrected chi connectivity index (χ3v) is 6.13. The molecule has 0 unspecified atom stereocenters. The third kappa shape index (κ3) is 8.29. The highest BCUT2D eigenvalue weighted by Gasteiger charge is 2.27. The predicted molar refractivity (Wildman–Crippen MR) is 131 cm³/mol. The van der Waals surface area contributed by atoms with E-state index in [4.69, 9.17) is 9.84 Å². The smallest absolute Gasteiger partial charge is 0.223 e. The second-order valence-corrected chi connectivity index (χ2v) is 8.87. The molecule has 1 aliphatic rings. The lowest BCUT2D eigenvalue weighted by molar-refractivity contribution is -0.127. The zero-order valence-electron chi connectivity index (χ0n) is 19.5. The third-order valence-electron chi connectivity index (χ3n) is 6.13. The molecule has 182 valence electrons. The van der Waals surface area contributed by atoms with Crippen LogP contribution in [0, 0.1) is 17.7 Å². The van der Waals surface area contributed by atoms with E-state index in [-0.39, 0.29) is 48.6 Å². The molecule has 1 atom stereocenters. The normalized spacial score (nSPS) is 15.7. The number of ether oxygens (including phenoxy) is 1. The molecule has 2 aromatic rings. The summed E-state index contributed by atoms with van der Waals surface area (Å²) in [5.74, 6) is 0.860. The summed E-state index contributed by atoms with van der Waals surface area (Å²) in [7, 11) is 0. The van der Waals surface area contributed by atoms with Crippen LogP contribution in [0.1, 0.15) is 43.9 Å². The lowest BCUT2D eigenvalue weighted by Gasteiger charge is -2.33. The van der Waals surface area contributed by atoms with Crippen molar-refractivity contribution in [2.75, 3.05) is 32.8 Å². The molecule has 5 nitrogen and oxygen atoms in total. The molecule has 0 spiro atoms. The van der Waals surface area contributed by atoms with Gasteiger partial charge in [0.05, 0.1) is 12.6 Å². The number of rotatable bonds is 10. The van der Waals surface area contributed by atoms with Crippen molar-refractivity contribution in [2.45, 2.75) is 39.2 Å². The fourth-order valence-corrected chi connectivity index (χ4v) is 4.24. The van der Waals surface area contributed by atoms with Gasteiger partial charge < -0.3 is 20.1 Å². The Bertz CT molecular complexity index is 855. The van der Waals surface area contributed by atoms with Gasteiger partial charge in [0.2, 0.25) is 5.91 Å². The first kappa shape index (κ1) is 27.1. The molecule has 33 heavy (non-hydrogen) atoms. The Morgan fingerprint density at radius 1 is 1.18 bits per heavy atom. The van der Waals surface area contributed by atoms with Crippen molar-refractivity contribution < 1.29 is 19.0 Å².